The first-order valence-electron chi connectivity index (χ1n) is 5.92. The van der Waals surface area contributed by atoms with Crippen molar-refractivity contribution in [2.45, 2.75) is 13.0 Å². The number of hydrogen-bond acceptors (Lipinski definition) is 3. The maximum Gasteiger partial charge on any atom is 0.336 e. The summed E-state index contributed by atoms with van der Waals surface area (Å²) in [4.78, 5) is 15.8. The van der Waals surface area contributed by atoms with Crippen molar-refractivity contribution in [3.05, 3.63) is 70.8 Å². The fourth-order valence-electron chi connectivity index (χ4n) is 2.07. The van der Waals surface area contributed by atoms with Crippen LogP contribution in [0, 0.1) is 0 Å². The van der Waals surface area contributed by atoms with Crippen LogP contribution in [0.3, 0.4) is 0 Å². The van der Waals surface area contributed by atoms with E-state index in [1.54, 1.807) is 12.1 Å². The molecule has 0 fully saturated rings. The van der Waals surface area contributed by atoms with Gasteiger partial charge < -0.3 is 5.11 Å². The van der Waals surface area contributed by atoms with Gasteiger partial charge in [-0.25, -0.2) is 10.7 Å². The summed E-state index contributed by atoms with van der Waals surface area (Å²) in [5.41, 5.74) is 2.89. The van der Waals surface area contributed by atoms with Gasteiger partial charge >= 0.3 is 5.97 Å². The Hall–Kier alpha value is -2.17. The minimum absolute atomic E-state index is 0.0879. The standard InChI is InChI=1S/C15H15NO3/c16-19-10-14-12(7-4-8-13(14)15(17)18)9-11-5-2-1-3-6-11/h1-8H,9-10,16H2,(H,17,18). The second-order valence-electron chi connectivity index (χ2n) is 4.22. The highest BCUT2D eigenvalue weighted by Gasteiger charge is 2.14. The SMILES string of the molecule is NOCc1c(Cc2ccccc2)cccc1C(=O)O. The van der Waals surface area contributed by atoms with Gasteiger partial charge in [0.15, 0.2) is 0 Å². The van der Waals surface area contributed by atoms with Crippen molar-refractivity contribution in [3.8, 4) is 0 Å². The van der Waals surface area contributed by atoms with E-state index in [0.29, 0.717) is 12.0 Å². The molecule has 0 amide bonds. The maximum atomic E-state index is 11.2. The van der Waals surface area contributed by atoms with Crippen LogP contribution in [0.25, 0.3) is 0 Å². The molecule has 2 aromatic carbocycles. The molecule has 0 saturated heterocycles. The molecule has 3 N–H and O–H groups in total. The van der Waals surface area contributed by atoms with Crippen LogP contribution in [0.4, 0.5) is 0 Å². The Morgan fingerprint density at radius 1 is 1.11 bits per heavy atom. The smallest absolute Gasteiger partial charge is 0.336 e. The van der Waals surface area contributed by atoms with Gasteiger partial charge in [0, 0.05) is 0 Å². The first-order valence-corrected chi connectivity index (χ1v) is 5.92. The Morgan fingerprint density at radius 2 is 1.84 bits per heavy atom. The second-order valence-corrected chi connectivity index (χ2v) is 4.22. The lowest BCUT2D eigenvalue weighted by Gasteiger charge is -2.11. The molecule has 4 heteroatoms. The molecule has 2 aromatic rings. The number of carbonyl (C=O) groups is 1. The summed E-state index contributed by atoms with van der Waals surface area (Å²) < 4.78 is 0. The van der Waals surface area contributed by atoms with E-state index in [-0.39, 0.29) is 12.2 Å². The van der Waals surface area contributed by atoms with E-state index >= 15 is 0 Å². The topological polar surface area (TPSA) is 72.5 Å². The van der Waals surface area contributed by atoms with Crippen LogP contribution in [0.1, 0.15) is 27.0 Å². The van der Waals surface area contributed by atoms with E-state index in [1.807, 2.05) is 36.4 Å². The fraction of sp³-hybridized carbons (Fsp3) is 0.133. The van der Waals surface area contributed by atoms with Crippen molar-refractivity contribution < 1.29 is 14.7 Å². The minimum atomic E-state index is -0.970. The summed E-state index contributed by atoms with van der Waals surface area (Å²) in [6.07, 6.45) is 0.653. The van der Waals surface area contributed by atoms with Crippen molar-refractivity contribution in [1.29, 1.82) is 0 Å². The molecule has 0 aliphatic carbocycles. The van der Waals surface area contributed by atoms with Crippen LogP contribution in [0.15, 0.2) is 48.5 Å². The van der Waals surface area contributed by atoms with Crippen LogP contribution in [0.5, 0.6) is 0 Å². The monoisotopic (exact) mass is 257 g/mol. The fourth-order valence-corrected chi connectivity index (χ4v) is 2.07. The Morgan fingerprint density at radius 3 is 2.47 bits per heavy atom. The first-order chi connectivity index (χ1) is 9.22. The zero-order chi connectivity index (χ0) is 13.7. The number of carboxylic acids is 1. The quantitative estimate of drug-likeness (QED) is 0.806. The molecule has 0 spiro atoms. The molecule has 2 rings (SSSR count). The molecule has 0 bridgehead atoms. The van der Waals surface area contributed by atoms with E-state index in [9.17, 15) is 9.90 Å². The maximum absolute atomic E-state index is 11.2. The molecule has 0 radical (unpaired) electrons. The van der Waals surface area contributed by atoms with Crippen LogP contribution < -0.4 is 5.90 Å². The summed E-state index contributed by atoms with van der Waals surface area (Å²) in [5, 5.41) is 9.19. The third-order valence-corrected chi connectivity index (χ3v) is 2.97. The third-order valence-electron chi connectivity index (χ3n) is 2.97. The van der Waals surface area contributed by atoms with Gasteiger partial charge in [-0.2, -0.15) is 0 Å². The highest BCUT2D eigenvalue weighted by Crippen LogP contribution is 2.19. The Balaban J connectivity index is 2.39. The number of carboxylic acid groups (broad SMARTS) is 1. The summed E-state index contributed by atoms with van der Waals surface area (Å²) in [7, 11) is 0. The Bertz CT molecular complexity index is 567. The Labute approximate surface area is 111 Å². The molecule has 98 valence electrons. The van der Waals surface area contributed by atoms with Gasteiger partial charge in [0.25, 0.3) is 0 Å². The number of aromatic carboxylic acids is 1. The van der Waals surface area contributed by atoms with Gasteiger partial charge in [-0.05, 0) is 29.2 Å². The molecule has 0 saturated carbocycles. The van der Waals surface area contributed by atoms with Gasteiger partial charge in [-0.3, -0.25) is 4.84 Å². The zero-order valence-electron chi connectivity index (χ0n) is 10.4. The van der Waals surface area contributed by atoms with E-state index in [1.165, 1.54) is 0 Å². The molecule has 0 aromatic heterocycles. The predicted molar refractivity (Wildman–Crippen MR) is 71.6 cm³/mol. The van der Waals surface area contributed by atoms with Crippen molar-refractivity contribution in [1.82, 2.24) is 0 Å². The lowest BCUT2D eigenvalue weighted by atomic mass is 9.96. The van der Waals surface area contributed by atoms with Gasteiger partial charge in [0.2, 0.25) is 0 Å². The zero-order valence-corrected chi connectivity index (χ0v) is 10.4. The van der Waals surface area contributed by atoms with E-state index < -0.39 is 5.97 Å². The molecule has 0 aliphatic rings. The number of hydrogen-bond donors (Lipinski definition) is 2. The van der Waals surface area contributed by atoms with Crippen molar-refractivity contribution in [2.75, 3.05) is 0 Å². The number of nitrogens with two attached hydrogens (primary N) is 1. The second kappa shape index (κ2) is 6.13. The normalized spacial score (nSPS) is 10.4. The van der Waals surface area contributed by atoms with E-state index in [0.717, 1.165) is 11.1 Å². The largest absolute Gasteiger partial charge is 0.478 e. The predicted octanol–water partition coefficient (Wildman–Crippen LogP) is 2.37. The summed E-state index contributed by atoms with van der Waals surface area (Å²) >= 11 is 0. The lowest BCUT2D eigenvalue weighted by molar-refractivity contribution is 0.0687. The molecule has 0 heterocycles. The Kier molecular flexibility index (Phi) is 4.28. The van der Waals surface area contributed by atoms with Crippen molar-refractivity contribution in [3.63, 3.8) is 0 Å². The van der Waals surface area contributed by atoms with Gasteiger partial charge in [-0.1, -0.05) is 42.5 Å². The summed E-state index contributed by atoms with van der Waals surface area (Å²) in [5.74, 6) is 4.13. The summed E-state index contributed by atoms with van der Waals surface area (Å²) in [6.45, 7) is 0.0879. The first kappa shape index (κ1) is 13.3. The molecule has 0 atom stereocenters. The molecule has 4 nitrogen and oxygen atoms in total. The van der Waals surface area contributed by atoms with E-state index in [2.05, 4.69) is 4.84 Å². The van der Waals surface area contributed by atoms with Crippen LogP contribution in [0.2, 0.25) is 0 Å². The van der Waals surface area contributed by atoms with Crippen LogP contribution in [-0.4, -0.2) is 11.1 Å². The van der Waals surface area contributed by atoms with Gasteiger partial charge in [0.1, 0.15) is 0 Å². The molecule has 0 aliphatic heterocycles. The average Bonchev–Trinajstić information content (AvgIpc) is 2.42. The molecular formula is C15H15NO3. The van der Waals surface area contributed by atoms with Crippen LogP contribution in [-0.2, 0) is 17.9 Å². The highest BCUT2D eigenvalue weighted by atomic mass is 16.6. The lowest BCUT2D eigenvalue weighted by Crippen LogP contribution is -2.10. The number of rotatable bonds is 5. The summed E-state index contributed by atoms with van der Waals surface area (Å²) in [6, 6.07) is 15.0. The molecule has 0 unspecified atom stereocenters. The third kappa shape index (κ3) is 3.19. The van der Waals surface area contributed by atoms with Crippen molar-refractivity contribution >= 4 is 5.97 Å². The van der Waals surface area contributed by atoms with E-state index in [4.69, 9.17) is 5.90 Å². The van der Waals surface area contributed by atoms with Crippen LogP contribution >= 0.6 is 0 Å². The highest BCUT2D eigenvalue weighted by molar-refractivity contribution is 5.89. The van der Waals surface area contributed by atoms with Gasteiger partial charge in [0.05, 0.1) is 12.2 Å². The number of benzene rings is 2. The average molecular weight is 257 g/mol. The minimum Gasteiger partial charge on any atom is -0.478 e. The molecular weight excluding hydrogens is 242 g/mol. The van der Waals surface area contributed by atoms with Crippen molar-refractivity contribution in [2.24, 2.45) is 5.90 Å². The molecule has 19 heavy (non-hydrogen) atoms. The van der Waals surface area contributed by atoms with Gasteiger partial charge in [-0.15, -0.1) is 0 Å².